The molecule has 2 heteroatoms. The number of hydrogen-bond donors (Lipinski definition) is 0. The van der Waals surface area contributed by atoms with Gasteiger partial charge in [-0.1, -0.05) is 128 Å². The summed E-state index contributed by atoms with van der Waals surface area (Å²) in [7, 11) is 0. The van der Waals surface area contributed by atoms with E-state index in [-0.39, 0.29) is 0 Å². The fourth-order valence-corrected chi connectivity index (χ4v) is 4.09. The Labute approximate surface area is 234 Å². The summed E-state index contributed by atoms with van der Waals surface area (Å²) in [5, 5.41) is 0.904. The normalized spacial score (nSPS) is 9.39. The molecule has 0 aliphatic carbocycles. The molecular weight excluding hydrogens is 476 g/mol. The van der Waals surface area contributed by atoms with E-state index in [4.69, 9.17) is 11.6 Å². The number of rotatable bonds is 4. The first-order valence-electron chi connectivity index (χ1n) is 13.6. The highest BCUT2D eigenvalue weighted by Crippen LogP contribution is 2.29. The highest BCUT2D eigenvalue weighted by molar-refractivity contribution is 7.98. The summed E-state index contributed by atoms with van der Waals surface area (Å²) in [6.07, 6.45) is 5.65. The van der Waals surface area contributed by atoms with Crippen molar-refractivity contribution in [2.45, 2.75) is 100 Å². The predicted molar refractivity (Wildman–Crippen MR) is 171 cm³/mol. The smallest absolute Gasteiger partial charge is 0.0451 e. The molecule has 3 rings (SSSR count). The van der Waals surface area contributed by atoms with Gasteiger partial charge in [0, 0.05) is 9.92 Å². The van der Waals surface area contributed by atoms with E-state index in [1.54, 1.807) is 11.8 Å². The quantitative estimate of drug-likeness (QED) is 0.303. The van der Waals surface area contributed by atoms with Crippen molar-refractivity contribution in [3.05, 3.63) is 87.9 Å². The van der Waals surface area contributed by atoms with Crippen molar-refractivity contribution in [2.75, 3.05) is 6.26 Å². The van der Waals surface area contributed by atoms with E-state index in [9.17, 15) is 0 Å². The van der Waals surface area contributed by atoms with Gasteiger partial charge in [-0.15, -0.1) is 11.8 Å². The molecule has 202 valence electrons. The van der Waals surface area contributed by atoms with E-state index in [1.807, 2.05) is 26.0 Å². The topological polar surface area (TPSA) is 0 Å². The second kappa shape index (κ2) is 22.5. The Morgan fingerprint density at radius 1 is 0.750 bits per heavy atom. The highest BCUT2D eigenvalue weighted by atomic mass is 35.5. The summed E-state index contributed by atoms with van der Waals surface area (Å²) in [5.74, 6) is 0.884. The van der Waals surface area contributed by atoms with E-state index in [0.717, 1.165) is 17.4 Å². The molecule has 0 N–H and O–H groups in total. The van der Waals surface area contributed by atoms with Crippen molar-refractivity contribution in [3.63, 3.8) is 0 Å². The summed E-state index contributed by atoms with van der Waals surface area (Å²) in [4.78, 5) is 1.31. The van der Waals surface area contributed by atoms with Gasteiger partial charge in [0.05, 0.1) is 0 Å². The van der Waals surface area contributed by atoms with Crippen LogP contribution in [0.5, 0.6) is 0 Å². The van der Waals surface area contributed by atoms with Gasteiger partial charge in [0.25, 0.3) is 0 Å². The molecule has 0 radical (unpaired) electrons. The third kappa shape index (κ3) is 15.4. The van der Waals surface area contributed by atoms with Gasteiger partial charge in [0.15, 0.2) is 0 Å². The largest absolute Gasteiger partial charge is 0.129 e. The lowest BCUT2D eigenvalue weighted by Crippen LogP contribution is -1.88. The van der Waals surface area contributed by atoms with Crippen molar-refractivity contribution < 1.29 is 0 Å². The van der Waals surface area contributed by atoms with Crippen LogP contribution in [0.3, 0.4) is 0 Å². The third-order valence-electron chi connectivity index (χ3n) is 5.30. The predicted octanol–water partition coefficient (Wildman–Crippen LogP) is 12.4. The molecule has 0 bridgehead atoms. The van der Waals surface area contributed by atoms with Crippen LogP contribution in [0.1, 0.15) is 90.5 Å². The Hall–Kier alpha value is -1.70. The molecule has 0 saturated heterocycles. The summed E-state index contributed by atoms with van der Waals surface area (Å²) in [6, 6.07) is 21.3. The zero-order valence-electron chi connectivity index (χ0n) is 25.3. The maximum Gasteiger partial charge on any atom is 0.0451 e. The van der Waals surface area contributed by atoms with E-state index < -0.39 is 0 Å². The molecule has 3 aromatic rings. The van der Waals surface area contributed by atoms with Gasteiger partial charge in [-0.3, -0.25) is 0 Å². The van der Waals surface area contributed by atoms with E-state index in [0.29, 0.717) is 0 Å². The number of hydrogen-bond acceptors (Lipinski definition) is 1. The van der Waals surface area contributed by atoms with Crippen LogP contribution in [0.15, 0.2) is 65.6 Å². The maximum atomic E-state index is 6.10. The van der Waals surface area contributed by atoms with Crippen LogP contribution in [0.4, 0.5) is 0 Å². The summed E-state index contributed by atoms with van der Waals surface area (Å²) < 4.78 is 0. The maximum absolute atomic E-state index is 6.10. The van der Waals surface area contributed by atoms with Crippen molar-refractivity contribution in [1.29, 1.82) is 0 Å². The van der Waals surface area contributed by atoms with Crippen LogP contribution in [0.25, 0.3) is 11.1 Å². The van der Waals surface area contributed by atoms with Gasteiger partial charge in [-0.2, -0.15) is 0 Å². The molecule has 0 nitrogen and oxygen atoms in total. The highest BCUT2D eigenvalue weighted by Gasteiger charge is 2.05. The Morgan fingerprint density at radius 3 is 1.69 bits per heavy atom. The van der Waals surface area contributed by atoms with Crippen LogP contribution in [0, 0.1) is 26.7 Å². The first-order valence-corrected chi connectivity index (χ1v) is 15.2. The Bertz CT molecular complexity index is 929. The van der Waals surface area contributed by atoms with Crippen LogP contribution in [-0.4, -0.2) is 6.26 Å². The average molecular weight is 529 g/mol. The minimum Gasteiger partial charge on any atom is -0.129 e. The number of aryl methyl sites for hydroxylation is 3. The van der Waals surface area contributed by atoms with Crippen molar-refractivity contribution >= 4 is 23.4 Å². The van der Waals surface area contributed by atoms with Gasteiger partial charge in [-0.25, -0.2) is 0 Å². The van der Waals surface area contributed by atoms with Gasteiger partial charge in [0.1, 0.15) is 0 Å². The minimum absolute atomic E-state index is 0.884. The second-order valence-electron chi connectivity index (χ2n) is 8.96. The van der Waals surface area contributed by atoms with Gasteiger partial charge in [0.2, 0.25) is 0 Å². The molecule has 0 aliphatic rings. The third-order valence-corrected chi connectivity index (χ3v) is 6.44. The number of halogens is 1. The van der Waals surface area contributed by atoms with Crippen LogP contribution in [0.2, 0.25) is 5.02 Å². The van der Waals surface area contributed by atoms with Crippen LogP contribution >= 0.6 is 23.4 Å². The lowest BCUT2D eigenvalue weighted by Gasteiger charge is -2.08. The number of thioether (sulfide) groups is 1. The SMILES string of the molecule is CC.CCC.CCC(C)C.CCc1c(Cl)cc(C)cc1SC.Cc1ccc(-c2ccccc2)cc1C. The molecule has 36 heavy (non-hydrogen) atoms. The van der Waals surface area contributed by atoms with E-state index in [2.05, 4.69) is 117 Å². The van der Waals surface area contributed by atoms with Crippen LogP contribution < -0.4 is 0 Å². The molecular formula is C34H53ClS. The number of benzene rings is 3. The van der Waals surface area contributed by atoms with Gasteiger partial charge >= 0.3 is 0 Å². The molecule has 0 heterocycles. The minimum atomic E-state index is 0.884. The first kappa shape index (κ1) is 36.5. The second-order valence-corrected chi connectivity index (χ2v) is 10.2. The zero-order chi connectivity index (χ0) is 28.1. The van der Waals surface area contributed by atoms with E-state index in [1.165, 1.54) is 51.1 Å². The molecule has 0 unspecified atom stereocenters. The standard InChI is InChI=1S/C14H14.C10H13ClS.C5H12.C3H8.C2H6/c1-11-8-9-14(10-12(11)2)13-6-4-3-5-7-13;1-4-8-9(11)5-7(2)6-10(8)12-3;1-4-5(2)3;1-3-2;1-2/h3-10H,1-2H3;5-6H,4H2,1-3H3;5H,4H2,1-3H3;3H2,1-2H3;1-2H3. The van der Waals surface area contributed by atoms with Crippen molar-refractivity contribution in [1.82, 2.24) is 0 Å². The Morgan fingerprint density at radius 2 is 1.28 bits per heavy atom. The Balaban J connectivity index is 0. The average Bonchev–Trinajstić information content (AvgIpc) is 2.88. The lowest BCUT2D eigenvalue weighted by molar-refractivity contribution is 0.626. The molecule has 0 spiro atoms. The first-order chi connectivity index (χ1) is 17.1. The molecule has 0 fully saturated rings. The summed E-state index contributed by atoms with van der Waals surface area (Å²) in [6.45, 7) is 23.4. The van der Waals surface area contributed by atoms with Crippen molar-refractivity contribution in [2.24, 2.45) is 5.92 Å². The van der Waals surface area contributed by atoms with Crippen molar-refractivity contribution in [3.8, 4) is 11.1 Å². The molecule has 0 saturated carbocycles. The zero-order valence-corrected chi connectivity index (χ0v) is 26.8. The summed E-state index contributed by atoms with van der Waals surface area (Å²) in [5.41, 5.74) is 7.80. The fourth-order valence-electron chi connectivity index (χ4n) is 2.82. The molecule has 0 aliphatic heterocycles. The van der Waals surface area contributed by atoms with Gasteiger partial charge in [-0.05, 0) is 84.9 Å². The van der Waals surface area contributed by atoms with Crippen LogP contribution in [-0.2, 0) is 6.42 Å². The van der Waals surface area contributed by atoms with E-state index >= 15 is 0 Å². The molecule has 0 amide bonds. The monoisotopic (exact) mass is 528 g/mol. The van der Waals surface area contributed by atoms with Gasteiger partial charge < -0.3 is 0 Å². The summed E-state index contributed by atoms with van der Waals surface area (Å²) >= 11 is 7.86. The molecule has 0 aromatic heterocycles. The Kier molecular flexibility index (Phi) is 22.8. The lowest BCUT2D eigenvalue weighted by atomic mass is 10.0. The molecule has 0 atom stereocenters. The fraction of sp³-hybridized carbons (Fsp3) is 0.471. The molecule has 3 aromatic carbocycles.